The van der Waals surface area contributed by atoms with Crippen molar-refractivity contribution in [2.75, 3.05) is 21.1 Å². The van der Waals surface area contributed by atoms with Crippen molar-refractivity contribution >= 4 is 22.1 Å². The first-order valence-electron chi connectivity index (χ1n) is 5.01. The first-order chi connectivity index (χ1) is 6.15. The van der Waals surface area contributed by atoms with E-state index in [-0.39, 0.29) is 0 Å². The first kappa shape index (κ1) is 11.2. The van der Waals surface area contributed by atoms with Crippen LogP contribution < -0.4 is 0 Å². The van der Waals surface area contributed by atoms with Gasteiger partial charge in [-0.05, 0) is 27.5 Å². The van der Waals surface area contributed by atoms with Crippen LogP contribution in [0.2, 0.25) is 6.32 Å². The minimum atomic E-state index is 0.538. The maximum atomic E-state index is 2.27. The van der Waals surface area contributed by atoms with Crippen molar-refractivity contribution in [1.29, 1.82) is 0 Å². The molecule has 1 saturated heterocycles. The average Bonchev–Trinajstić information content (AvgIpc) is 2.02. The van der Waals surface area contributed by atoms with Gasteiger partial charge in [0, 0.05) is 0 Å². The molecule has 0 aliphatic carbocycles. The summed E-state index contributed by atoms with van der Waals surface area (Å²) in [5.41, 5.74) is 0. The van der Waals surface area contributed by atoms with Crippen LogP contribution in [0.25, 0.3) is 0 Å². The molecule has 0 bridgehead atoms. The lowest BCUT2D eigenvalue weighted by atomic mass is 9.56. The Morgan fingerprint density at radius 3 is 2.08 bits per heavy atom. The Kier molecular flexibility index (Phi) is 4.36. The molecule has 0 aromatic carbocycles. The van der Waals surface area contributed by atoms with Gasteiger partial charge in [-0.15, -0.1) is 0 Å². The highest BCUT2D eigenvalue weighted by atomic mass is 15.2. The van der Waals surface area contributed by atoms with Crippen LogP contribution in [-0.4, -0.2) is 57.4 Å². The molecule has 0 saturated carbocycles. The van der Waals surface area contributed by atoms with Gasteiger partial charge in [0.2, 0.25) is 0 Å². The van der Waals surface area contributed by atoms with E-state index in [2.05, 4.69) is 57.3 Å². The molecule has 0 aromatic heterocycles. The van der Waals surface area contributed by atoms with E-state index >= 15 is 0 Å². The van der Waals surface area contributed by atoms with Crippen molar-refractivity contribution in [3.63, 3.8) is 0 Å². The van der Waals surface area contributed by atoms with Gasteiger partial charge in [0.05, 0.1) is 0 Å². The summed E-state index contributed by atoms with van der Waals surface area (Å²) in [4.78, 5) is 0. The SMILES string of the molecule is CCCCB1N(C)[B]N(C)[B]N1C. The van der Waals surface area contributed by atoms with Crippen molar-refractivity contribution in [3.05, 3.63) is 0 Å². The van der Waals surface area contributed by atoms with Crippen molar-refractivity contribution in [2.45, 2.75) is 26.1 Å². The summed E-state index contributed by atoms with van der Waals surface area (Å²) < 4.78 is 6.63. The number of hydrogen-bond donors (Lipinski definition) is 0. The first-order valence-corrected chi connectivity index (χ1v) is 5.01. The summed E-state index contributed by atoms with van der Waals surface area (Å²) in [5.74, 6) is 0. The van der Waals surface area contributed by atoms with E-state index in [1.54, 1.807) is 0 Å². The number of nitrogens with zero attached hydrogens (tertiary/aromatic N) is 3. The fourth-order valence-electron chi connectivity index (χ4n) is 1.84. The molecular formula is C7H18B3N3. The van der Waals surface area contributed by atoms with E-state index in [0.717, 1.165) is 0 Å². The van der Waals surface area contributed by atoms with Gasteiger partial charge >= 0.3 is 0 Å². The summed E-state index contributed by atoms with van der Waals surface area (Å²) in [6.07, 6.45) is 3.81. The van der Waals surface area contributed by atoms with E-state index in [1.165, 1.54) is 19.2 Å². The van der Waals surface area contributed by atoms with Crippen LogP contribution in [0.4, 0.5) is 0 Å². The number of unbranched alkanes of at least 4 members (excludes halogenated alkanes) is 1. The third-order valence-corrected chi connectivity index (χ3v) is 2.48. The topological polar surface area (TPSA) is 9.72 Å². The molecule has 1 aliphatic heterocycles. The molecule has 0 atom stereocenters. The lowest BCUT2D eigenvalue weighted by Crippen LogP contribution is -2.64. The summed E-state index contributed by atoms with van der Waals surface area (Å²) in [5, 5.41) is 0. The standard InChI is InChI=1S/C7H18B3N3/c1-5-6-7-10-12(3)8-11(2)9-13(10)4/h5-7H2,1-4H3. The molecule has 0 amide bonds. The molecule has 1 fully saturated rings. The van der Waals surface area contributed by atoms with Crippen molar-refractivity contribution < 1.29 is 0 Å². The molecule has 6 heteroatoms. The van der Waals surface area contributed by atoms with Crippen LogP contribution in [0.15, 0.2) is 0 Å². The Morgan fingerprint density at radius 1 is 1.08 bits per heavy atom. The highest BCUT2D eigenvalue weighted by Crippen LogP contribution is 2.10. The summed E-state index contributed by atoms with van der Waals surface area (Å²) in [6, 6.07) is 0. The van der Waals surface area contributed by atoms with Gasteiger partial charge in [0.25, 0.3) is 22.1 Å². The monoisotopic (exact) mass is 177 g/mol. The van der Waals surface area contributed by atoms with Crippen molar-refractivity contribution in [2.24, 2.45) is 0 Å². The van der Waals surface area contributed by atoms with Crippen LogP contribution in [0.1, 0.15) is 19.8 Å². The predicted octanol–water partition coefficient (Wildman–Crippen LogP) is 0.152. The molecule has 13 heavy (non-hydrogen) atoms. The van der Waals surface area contributed by atoms with Gasteiger partial charge in [-0.2, -0.15) is 0 Å². The number of rotatable bonds is 3. The van der Waals surface area contributed by atoms with Gasteiger partial charge in [-0.25, -0.2) is 0 Å². The molecule has 0 spiro atoms. The van der Waals surface area contributed by atoms with Crippen LogP contribution in [0.3, 0.4) is 0 Å². The van der Waals surface area contributed by atoms with E-state index in [1.807, 2.05) is 0 Å². The third-order valence-electron chi connectivity index (χ3n) is 2.48. The molecule has 3 nitrogen and oxygen atoms in total. The molecule has 1 rings (SSSR count). The molecular weight excluding hydrogens is 159 g/mol. The quantitative estimate of drug-likeness (QED) is 0.567. The lowest BCUT2D eigenvalue weighted by Gasteiger charge is -2.40. The predicted molar refractivity (Wildman–Crippen MR) is 60.3 cm³/mol. The number of hydrogen-bond acceptors (Lipinski definition) is 3. The van der Waals surface area contributed by atoms with Crippen molar-refractivity contribution in [1.82, 2.24) is 14.2 Å². The Hall–Kier alpha value is 0.0748. The van der Waals surface area contributed by atoms with Crippen molar-refractivity contribution in [3.8, 4) is 0 Å². The maximum absolute atomic E-state index is 2.27. The summed E-state index contributed by atoms with van der Waals surface area (Å²) in [7, 11) is 10.6. The van der Waals surface area contributed by atoms with Crippen LogP contribution in [-0.2, 0) is 0 Å². The third kappa shape index (κ3) is 3.04. The zero-order valence-corrected chi connectivity index (χ0v) is 9.20. The maximum Gasteiger partial charge on any atom is 0.290 e. The Labute approximate surface area is 84.1 Å². The Morgan fingerprint density at radius 2 is 1.62 bits per heavy atom. The second-order valence-corrected chi connectivity index (χ2v) is 3.85. The highest BCUT2D eigenvalue weighted by molar-refractivity contribution is 6.73. The Balaban J connectivity index is 2.41. The van der Waals surface area contributed by atoms with Crippen LogP contribution in [0, 0.1) is 0 Å². The van der Waals surface area contributed by atoms with E-state index < -0.39 is 0 Å². The zero-order chi connectivity index (χ0) is 9.84. The zero-order valence-electron chi connectivity index (χ0n) is 9.20. The van der Waals surface area contributed by atoms with Crippen LogP contribution in [0.5, 0.6) is 0 Å². The molecule has 0 unspecified atom stereocenters. The lowest BCUT2D eigenvalue weighted by molar-refractivity contribution is 0.566. The van der Waals surface area contributed by atoms with E-state index in [9.17, 15) is 0 Å². The summed E-state index contributed by atoms with van der Waals surface area (Å²) >= 11 is 0. The van der Waals surface area contributed by atoms with Crippen LogP contribution >= 0.6 is 0 Å². The fraction of sp³-hybridized carbons (Fsp3) is 1.00. The largest absolute Gasteiger partial charge is 0.367 e. The normalized spacial score (nSPS) is 21.4. The molecule has 0 N–H and O–H groups in total. The highest BCUT2D eigenvalue weighted by Gasteiger charge is 2.32. The van der Waals surface area contributed by atoms with Gasteiger partial charge < -0.3 is 14.2 Å². The Bertz CT molecular complexity index is 146. The molecule has 70 valence electrons. The average molecular weight is 177 g/mol. The van der Waals surface area contributed by atoms with Gasteiger partial charge in [0.15, 0.2) is 0 Å². The van der Waals surface area contributed by atoms with Gasteiger partial charge in [0.1, 0.15) is 0 Å². The molecule has 2 radical (unpaired) electrons. The van der Waals surface area contributed by atoms with E-state index in [4.69, 9.17) is 0 Å². The molecule has 0 aromatic rings. The second kappa shape index (κ2) is 5.08. The second-order valence-electron chi connectivity index (χ2n) is 3.85. The van der Waals surface area contributed by atoms with Gasteiger partial charge in [-0.3, -0.25) is 0 Å². The van der Waals surface area contributed by atoms with Gasteiger partial charge in [-0.1, -0.05) is 19.8 Å². The minimum Gasteiger partial charge on any atom is -0.367 e. The molecule has 1 heterocycles. The smallest absolute Gasteiger partial charge is 0.290 e. The fourth-order valence-corrected chi connectivity index (χ4v) is 1.84. The molecule has 1 aliphatic rings. The minimum absolute atomic E-state index is 0.538. The summed E-state index contributed by atoms with van der Waals surface area (Å²) in [6.45, 7) is 2.78. The van der Waals surface area contributed by atoms with E-state index in [0.29, 0.717) is 6.98 Å².